The van der Waals surface area contributed by atoms with Gasteiger partial charge in [-0.05, 0) is 78.2 Å². The lowest BCUT2D eigenvalue weighted by atomic mass is 9.96. The first kappa shape index (κ1) is 26.8. The summed E-state index contributed by atoms with van der Waals surface area (Å²) >= 11 is 10.7. The smallest absolute Gasteiger partial charge is 0.341 e. The van der Waals surface area contributed by atoms with E-state index in [9.17, 15) is 14.4 Å². The number of benzene rings is 2. The Morgan fingerprint density at radius 2 is 1.95 bits per heavy atom. The van der Waals surface area contributed by atoms with E-state index < -0.39 is 24.6 Å². The first-order chi connectivity index (χ1) is 17.5. The van der Waals surface area contributed by atoms with Crippen LogP contribution < -0.4 is 19.6 Å². The molecule has 0 bridgehead atoms. The molecule has 3 aromatic rings. The lowest BCUT2D eigenvalue weighted by Gasteiger charge is -2.25. The monoisotopic (exact) mass is 604 g/mol. The van der Waals surface area contributed by atoms with Crippen LogP contribution in [0.2, 0.25) is 5.02 Å². The van der Waals surface area contributed by atoms with E-state index in [1.165, 1.54) is 15.9 Å². The lowest BCUT2D eigenvalue weighted by molar-refractivity contribution is -0.143. The molecule has 1 aliphatic rings. The number of carbonyl (C=O) groups excluding carboxylic acids is 1. The Kier molecular flexibility index (Phi) is 8.01. The maximum Gasteiger partial charge on any atom is 0.341 e. The van der Waals surface area contributed by atoms with Gasteiger partial charge in [0.2, 0.25) is 0 Å². The Morgan fingerprint density at radius 3 is 2.57 bits per heavy atom. The SMILES string of the molecule is CC1=C(C(=O)OC(C)C)[C@@H](c2ccc(Cl)cc2)n2c(s/c(=C/c3ccc(OCC(=O)O)c(Br)c3)c2=O)=N1. The Bertz CT molecular complexity index is 1590. The van der Waals surface area contributed by atoms with Gasteiger partial charge in [0.15, 0.2) is 11.4 Å². The van der Waals surface area contributed by atoms with E-state index in [-0.39, 0.29) is 17.2 Å². The molecule has 2 aromatic carbocycles. The van der Waals surface area contributed by atoms with Crippen molar-refractivity contribution < 1.29 is 24.2 Å². The van der Waals surface area contributed by atoms with Gasteiger partial charge in [-0.3, -0.25) is 9.36 Å². The Balaban J connectivity index is 1.83. The minimum atomic E-state index is -1.08. The highest BCUT2D eigenvalue weighted by molar-refractivity contribution is 9.10. The van der Waals surface area contributed by atoms with Crippen LogP contribution in [0.1, 0.15) is 37.9 Å². The van der Waals surface area contributed by atoms with Gasteiger partial charge in [0.25, 0.3) is 5.56 Å². The van der Waals surface area contributed by atoms with Crippen molar-refractivity contribution in [3.8, 4) is 5.75 Å². The van der Waals surface area contributed by atoms with Crippen molar-refractivity contribution in [3.05, 3.63) is 94.0 Å². The van der Waals surface area contributed by atoms with Gasteiger partial charge in [0, 0.05) is 5.02 Å². The third kappa shape index (κ3) is 5.87. The first-order valence-electron chi connectivity index (χ1n) is 11.2. The van der Waals surface area contributed by atoms with Gasteiger partial charge < -0.3 is 14.6 Å². The van der Waals surface area contributed by atoms with Crippen LogP contribution in [-0.2, 0) is 14.3 Å². The van der Waals surface area contributed by atoms with Crippen molar-refractivity contribution in [2.75, 3.05) is 6.61 Å². The number of hydrogen-bond acceptors (Lipinski definition) is 7. The predicted octanol–water partition coefficient (Wildman–Crippen LogP) is 4.07. The lowest BCUT2D eigenvalue weighted by Crippen LogP contribution is -2.40. The van der Waals surface area contributed by atoms with E-state index in [1.54, 1.807) is 69.3 Å². The third-order valence-electron chi connectivity index (χ3n) is 5.37. The minimum Gasteiger partial charge on any atom is -0.481 e. The summed E-state index contributed by atoms with van der Waals surface area (Å²) in [6, 6.07) is 11.3. The van der Waals surface area contributed by atoms with Crippen LogP contribution in [-0.4, -0.2) is 34.3 Å². The number of nitrogens with zero attached hydrogens (tertiary/aromatic N) is 2. The molecule has 4 rings (SSSR count). The number of ether oxygens (including phenoxy) is 2. The largest absolute Gasteiger partial charge is 0.481 e. The van der Waals surface area contributed by atoms with Crippen molar-refractivity contribution in [3.63, 3.8) is 0 Å². The number of thiazole rings is 1. The summed E-state index contributed by atoms with van der Waals surface area (Å²) in [6.07, 6.45) is 1.36. The van der Waals surface area contributed by atoms with E-state index >= 15 is 0 Å². The van der Waals surface area contributed by atoms with E-state index in [0.29, 0.717) is 41.4 Å². The molecule has 1 atom stereocenters. The molecule has 0 amide bonds. The molecular weight excluding hydrogens is 584 g/mol. The number of rotatable bonds is 7. The van der Waals surface area contributed by atoms with Gasteiger partial charge in [-0.15, -0.1) is 0 Å². The zero-order valence-electron chi connectivity index (χ0n) is 20.0. The van der Waals surface area contributed by atoms with Gasteiger partial charge in [0.05, 0.1) is 32.4 Å². The van der Waals surface area contributed by atoms with Crippen LogP contribution in [0.5, 0.6) is 5.75 Å². The van der Waals surface area contributed by atoms with Crippen LogP contribution in [0.4, 0.5) is 0 Å². The third-order valence-corrected chi connectivity index (χ3v) is 7.23. The van der Waals surface area contributed by atoms with Crippen LogP contribution in [0.25, 0.3) is 6.08 Å². The quantitative estimate of drug-likeness (QED) is 0.407. The number of hydrogen-bond donors (Lipinski definition) is 1. The molecule has 37 heavy (non-hydrogen) atoms. The highest BCUT2D eigenvalue weighted by Gasteiger charge is 2.33. The molecule has 0 radical (unpaired) electrons. The second-order valence-corrected chi connectivity index (χ2v) is 10.8. The van der Waals surface area contributed by atoms with E-state index in [0.717, 1.165) is 0 Å². The van der Waals surface area contributed by atoms with Gasteiger partial charge in [-0.25, -0.2) is 14.6 Å². The number of aromatic nitrogens is 1. The van der Waals surface area contributed by atoms with Gasteiger partial charge in [-0.1, -0.05) is 41.1 Å². The van der Waals surface area contributed by atoms with Crippen LogP contribution >= 0.6 is 38.9 Å². The summed E-state index contributed by atoms with van der Waals surface area (Å²) in [4.78, 5) is 42.6. The second-order valence-electron chi connectivity index (χ2n) is 8.46. The molecule has 0 saturated carbocycles. The second kappa shape index (κ2) is 11.0. The fraction of sp³-hybridized carbons (Fsp3) is 0.231. The van der Waals surface area contributed by atoms with Crippen molar-refractivity contribution in [2.45, 2.75) is 32.9 Å². The number of esters is 1. The number of carboxylic acids is 1. The van der Waals surface area contributed by atoms with Gasteiger partial charge in [0.1, 0.15) is 5.75 Å². The van der Waals surface area contributed by atoms with Crippen LogP contribution in [0.15, 0.2) is 68.0 Å². The zero-order chi connectivity index (χ0) is 26.9. The van der Waals surface area contributed by atoms with E-state index in [1.807, 2.05) is 0 Å². The fourth-order valence-corrected chi connectivity index (χ4v) is 5.52. The molecule has 11 heteroatoms. The fourth-order valence-electron chi connectivity index (χ4n) is 3.84. The normalized spacial score (nSPS) is 15.4. The Labute approximate surface area is 229 Å². The summed E-state index contributed by atoms with van der Waals surface area (Å²) in [7, 11) is 0. The number of allylic oxidation sites excluding steroid dienone is 1. The highest BCUT2D eigenvalue weighted by Crippen LogP contribution is 2.32. The molecule has 1 N–H and O–H groups in total. The molecule has 0 fully saturated rings. The van der Waals surface area contributed by atoms with Gasteiger partial charge in [-0.2, -0.15) is 0 Å². The van der Waals surface area contributed by atoms with Crippen LogP contribution in [0.3, 0.4) is 0 Å². The molecule has 0 aliphatic carbocycles. The minimum absolute atomic E-state index is 0.289. The molecule has 0 spiro atoms. The van der Waals surface area contributed by atoms with Gasteiger partial charge >= 0.3 is 11.9 Å². The molecule has 2 heterocycles. The molecule has 8 nitrogen and oxygen atoms in total. The summed E-state index contributed by atoms with van der Waals surface area (Å²) in [5.41, 5.74) is 1.84. The molecule has 0 saturated heterocycles. The summed E-state index contributed by atoms with van der Waals surface area (Å²) in [6.45, 7) is 4.78. The molecule has 1 aliphatic heterocycles. The molecular formula is C26H22BrClN2O6S. The van der Waals surface area contributed by atoms with Crippen molar-refractivity contribution in [2.24, 2.45) is 4.99 Å². The Hall–Kier alpha value is -3.21. The number of carbonyl (C=O) groups is 2. The zero-order valence-corrected chi connectivity index (χ0v) is 23.2. The summed E-state index contributed by atoms with van der Waals surface area (Å²) in [5, 5.41) is 9.36. The standard InChI is InChI=1S/C26H22BrClN2O6S/c1-13(2)36-25(34)22-14(3)29-26-30(23(22)16-5-7-17(28)8-6-16)24(33)20(37-26)11-15-4-9-19(18(27)10-15)35-12-21(31)32/h4-11,13,23H,12H2,1-3H3,(H,31,32)/b20-11+/t23-/m1/s1. The van der Waals surface area contributed by atoms with Crippen LogP contribution in [0, 0.1) is 0 Å². The number of fused-ring (bicyclic) bond motifs is 1. The number of halogens is 2. The Morgan fingerprint density at radius 1 is 1.24 bits per heavy atom. The van der Waals surface area contributed by atoms with Crippen molar-refractivity contribution >= 4 is 56.9 Å². The van der Waals surface area contributed by atoms with Crippen molar-refractivity contribution in [1.82, 2.24) is 4.57 Å². The highest BCUT2D eigenvalue weighted by atomic mass is 79.9. The topological polar surface area (TPSA) is 107 Å². The average Bonchev–Trinajstić information content (AvgIpc) is 3.12. The maximum absolute atomic E-state index is 13.7. The van der Waals surface area contributed by atoms with E-state index in [4.69, 9.17) is 26.2 Å². The molecule has 0 unspecified atom stereocenters. The number of aliphatic carboxylic acids is 1. The summed E-state index contributed by atoms with van der Waals surface area (Å²) in [5.74, 6) is -1.25. The molecule has 192 valence electrons. The van der Waals surface area contributed by atoms with Crippen molar-refractivity contribution in [1.29, 1.82) is 0 Å². The maximum atomic E-state index is 13.7. The predicted molar refractivity (Wildman–Crippen MR) is 144 cm³/mol. The summed E-state index contributed by atoms with van der Waals surface area (Å²) < 4.78 is 13.2. The first-order valence-corrected chi connectivity index (χ1v) is 13.2. The van der Waals surface area contributed by atoms with E-state index in [2.05, 4.69) is 20.9 Å². The number of carboxylic acid groups (broad SMARTS) is 1. The molecule has 1 aromatic heterocycles. The average molecular weight is 606 g/mol.